The molecule has 0 saturated carbocycles. The lowest BCUT2D eigenvalue weighted by Crippen LogP contribution is -2.19. The lowest BCUT2D eigenvalue weighted by Gasteiger charge is -2.24. The summed E-state index contributed by atoms with van der Waals surface area (Å²) in [5.74, 6) is 0.932. The van der Waals surface area contributed by atoms with E-state index in [9.17, 15) is 13.5 Å². The van der Waals surface area contributed by atoms with Crippen molar-refractivity contribution in [3.05, 3.63) is 83.9 Å². The van der Waals surface area contributed by atoms with E-state index in [1.165, 1.54) is 12.1 Å². The minimum Gasteiger partial charge on any atom is -0.508 e. The molecule has 8 heteroatoms. The van der Waals surface area contributed by atoms with Gasteiger partial charge in [0.05, 0.1) is 29.4 Å². The third-order valence-corrected chi connectivity index (χ3v) is 5.95. The van der Waals surface area contributed by atoms with E-state index in [-0.39, 0.29) is 16.7 Å². The van der Waals surface area contributed by atoms with Crippen LogP contribution in [-0.4, -0.2) is 26.3 Å². The molecule has 154 valence electrons. The zero-order valence-electron chi connectivity index (χ0n) is 16.3. The third-order valence-electron chi connectivity index (χ3n) is 5.02. The van der Waals surface area contributed by atoms with E-state index in [0.29, 0.717) is 6.42 Å². The van der Waals surface area contributed by atoms with Crippen molar-refractivity contribution in [2.24, 2.45) is 10.2 Å². The number of hydrogen-bond acceptors (Lipinski definition) is 6. The van der Waals surface area contributed by atoms with Gasteiger partial charge in [-0.05, 0) is 54.1 Å². The summed E-state index contributed by atoms with van der Waals surface area (Å²) in [6.07, 6.45) is 0.618. The standard InChI is InChI=1S/C22H21N3O4S/c1-29-19-9-5-15(6-10-19)22-14-21(16-3-2-4-18(26)13-16)24-25(22)17-7-11-20(12-8-17)30(23,27)28/h2-13,22,26H,14H2,1H3,(H2,23,27,28)/t22-/m0/s1. The molecule has 1 atom stereocenters. The molecule has 3 aromatic carbocycles. The molecule has 1 heterocycles. The van der Waals surface area contributed by atoms with E-state index in [0.717, 1.165) is 28.3 Å². The van der Waals surface area contributed by atoms with Gasteiger partial charge in [-0.1, -0.05) is 24.3 Å². The van der Waals surface area contributed by atoms with Crippen LogP contribution in [0.5, 0.6) is 11.5 Å². The van der Waals surface area contributed by atoms with Gasteiger partial charge in [-0.3, -0.25) is 5.01 Å². The molecule has 0 fully saturated rings. The highest BCUT2D eigenvalue weighted by atomic mass is 32.2. The van der Waals surface area contributed by atoms with Crippen LogP contribution in [0.15, 0.2) is 82.8 Å². The molecule has 0 bridgehead atoms. The number of phenols is 1. The molecule has 0 spiro atoms. The fourth-order valence-corrected chi connectivity index (χ4v) is 4.00. The maximum absolute atomic E-state index is 11.6. The Bertz CT molecular complexity index is 1190. The summed E-state index contributed by atoms with van der Waals surface area (Å²) in [6.45, 7) is 0. The van der Waals surface area contributed by atoms with Crippen molar-refractivity contribution >= 4 is 21.4 Å². The SMILES string of the molecule is COc1ccc([C@@H]2CC(c3cccc(O)c3)=NN2c2ccc(S(N)(=O)=O)cc2)cc1. The molecule has 0 unspecified atom stereocenters. The monoisotopic (exact) mass is 423 g/mol. The highest BCUT2D eigenvalue weighted by Gasteiger charge is 2.30. The lowest BCUT2D eigenvalue weighted by molar-refractivity contribution is 0.414. The molecule has 1 aliphatic rings. The van der Waals surface area contributed by atoms with Crippen molar-refractivity contribution in [1.82, 2.24) is 0 Å². The zero-order valence-corrected chi connectivity index (χ0v) is 17.1. The first-order valence-corrected chi connectivity index (χ1v) is 10.8. The van der Waals surface area contributed by atoms with E-state index in [2.05, 4.69) is 0 Å². The number of hydrazone groups is 1. The van der Waals surface area contributed by atoms with Crippen LogP contribution >= 0.6 is 0 Å². The van der Waals surface area contributed by atoms with Gasteiger partial charge in [0.1, 0.15) is 11.5 Å². The Morgan fingerprint density at radius 3 is 2.37 bits per heavy atom. The maximum Gasteiger partial charge on any atom is 0.238 e. The van der Waals surface area contributed by atoms with Gasteiger partial charge in [0, 0.05) is 12.0 Å². The van der Waals surface area contributed by atoms with Crippen LogP contribution in [0.4, 0.5) is 5.69 Å². The number of anilines is 1. The van der Waals surface area contributed by atoms with Crippen LogP contribution in [0.25, 0.3) is 0 Å². The van der Waals surface area contributed by atoms with E-state index >= 15 is 0 Å². The number of hydrogen-bond donors (Lipinski definition) is 2. The second-order valence-corrected chi connectivity index (χ2v) is 8.54. The van der Waals surface area contributed by atoms with Crippen LogP contribution in [0, 0.1) is 0 Å². The first-order valence-electron chi connectivity index (χ1n) is 9.28. The summed E-state index contributed by atoms with van der Waals surface area (Å²) in [4.78, 5) is 0.0450. The van der Waals surface area contributed by atoms with Crippen molar-refractivity contribution < 1.29 is 18.3 Å². The molecule has 0 amide bonds. The maximum atomic E-state index is 11.6. The van der Waals surface area contributed by atoms with Crippen molar-refractivity contribution in [3.63, 3.8) is 0 Å². The number of nitrogens with zero attached hydrogens (tertiary/aromatic N) is 2. The van der Waals surface area contributed by atoms with Gasteiger partial charge in [0.25, 0.3) is 0 Å². The molecule has 0 saturated heterocycles. The van der Waals surface area contributed by atoms with Crippen LogP contribution in [0.3, 0.4) is 0 Å². The minimum atomic E-state index is -3.77. The van der Waals surface area contributed by atoms with Gasteiger partial charge in [0.15, 0.2) is 0 Å². The molecular formula is C22H21N3O4S. The molecule has 0 aromatic heterocycles. The topological polar surface area (TPSA) is 105 Å². The molecule has 0 aliphatic carbocycles. The predicted molar refractivity (Wildman–Crippen MR) is 115 cm³/mol. The van der Waals surface area contributed by atoms with Crippen LogP contribution in [0.1, 0.15) is 23.6 Å². The molecular weight excluding hydrogens is 402 g/mol. The second kappa shape index (κ2) is 7.81. The van der Waals surface area contributed by atoms with E-state index in [1.807, 2.05) is 35.3 Å². The normalized spacial score (nSPS) is 16.4. The molecule has 3 N–H and O–H groups in total. The van der Waals surface area contributed by atoms with E-state index in [4.69, 9.17) is 15.0 Å². The first-order chi connectivity index (χ1) is 14.3. The number of ether oxygens (including phenoxy) is 1. The Morgan fingerprint density at radius 1 is 1.07 bits per heavy atom. The number of aromatic hydroxyl groups is 1. The van der Waals surface area contributed by atoms with Gasteiger partial charge in [-0.25, -0.2) is 13.6 Å². The van der Waals surface area contributed by atoms with Gasteiger partial charge < -0.3 is 9.84 Å². The van der Waals surface area contributed by atoms with Gasteiger partial charge >= 0.3 is 0 Å². The minimum absolute atomic E-state index is 0.0450. The van der Waals surface area contributed by atoms with Gasteiger partial charge in [0.2, 0.25) is 10.0 Å². The number of rotatable bonds is 5. The number of methoxy groups -OCH3 is 1. The van der Waals surface area contributed by atoms with Crippen LogP contribution in [-0.2, 0) is 10.0 Å². The number of nitrogens with two attached hydrogens (primary N) is 1. The predicted octanol–water partition coefficient (Wildman–Crippen LogP) is 3.40. The van der Waals surface area contributed by atoms with Gasteiger partial charge in [-0.15, -0.1) is 0 Å². The number of benzene rings is 3. The number of phenolic OH excluding ortho intramolecular Hbond substituents is 1. The third kappa shape index (κ3) is 4.00. The summed E-state index contributed by atoms with van der Waals surface area (Å²) in [7, 11) is -2.15. The summed E-state index contributed by atoms with van der Waals surface area (Å²) in [5, 5.41) is 21.7. The van der Waals surface area contributed by atoms with Crippen molar-refractivity contribution in [2.45, 2.75) is 17.4 Å². The molecule has 1 aliphatic heterocycles. The quantitative estimate of drug-likeness (QED) is 0.654. The lowest BCUT2D eigenvalue weighted by atomic mass is 9.98. The van der Waals surface area contributed by atoms with Crippen molar-refractivity contribution in [3.8, 4) is 11.5 Å². The summed E-state index contributed by atoms with van der Waals surface area (Å²) in [6, 6.07) is 20.9. The molecule has 0 radical (unpaired) electrons. The Kier molecular flexibility index (Phi) is 5.19. The fraction of sp³-hybridized carbons (Fsp3) is 0.136. The molecule has 3 aromatic rings. The second-order valence-electron chi connectivity index (χ2n) is 6.97. The number of primary sulfonamides is 1. The van der Waals surface area contributed by atoms with Crippen molar-refractivity contribution in [2.75, 3.05) is 12.1 Å². The molecule has 7 nitrogen and oxygen atoms in total. The summed E-state index contributed by atoms with van der Waals surface area (Å²) >= 11 is 0. The van der Waals surface area contributed by atoms with Gasteiger partial charge in [-0.2, -0.15) is 5.10 Å². The Labute approximate surface area is 175 Å². The first kappa shape index (κ1) is 19.9. The van der Waals surface area contributed by atoms with Crippen molar-refractivity contribution in [1.29, 1.82) is 0 Å². The molecule has 30 heavy (non-hydrogen) atoms. The fourth-order valence-electron chi connectivity index (χ4n) is 3.48. The van der Waals surface area contributed by atoms with Crippen LogP contribution < -0.4 is 14.9 Å². The Hall–Kier alpha value is -3.36. The van der Waals surface area contributed by atoms with E-state index < -0.39 is 10.0 Å². The zero-order chi connectivity index (χ0) is 21.3. The largest absolute Gasteiger partial charge is 0.508 e. The average molecular weight is 423 g/mol. The molecule has 4 rings (SSSR count). The number of sulfonamides is 1. The van der Waals surface area contributed by atoms with Crippen LogP contribution in [0.2, 0.25) is 0 Å². The summed E-state index contributed by atoms with van der Waals surface area (Å²) in [5.41, 5.74) is 3.42. The summed E-state index contributed by atoms with van der Waals surface area (Å²) < 4.78 is 28.4. The smallest absolute Gasteiger partial charge is 0.238 e. The Balaban J connectivity index is 1.74. The highest BCUT2D eigenvalue weighted by Crippen LogP contribution is 2.37. The van der Waals surface area contributed by atoms with E-state index in [1.54, 1.807) is 37.4 Å². The highest BCUT2D eigenvalue weighted by molar-refractivity contribution is 7.89. The Morgan fingerprint density at radius 2 is 1.77 bits per heavy atom. The average Bonchev–Trinajstić information content (AvgIpc) is 3.19.